The van der Waals surface area contributed by atoms with Gasteiger partial charge >= 0.3 is 0 Å². The molecule has 1 heterocycles. The summed E-state index contributed by atoms with van der Waals surface area (Å²) in [6.45, 7) is 0. The Morgan fingerprint density at radius 1 is 0.542 bits per heavy atom. The maximum atomic E-state index is 4.53. The molecular weight excluding hydrogens is 292 g/mol. The monoisotopic (exact) mass is 304 g/mol. The molecule has 0 unspecified atom stereocenters. The maximum absolute atomic E-state index is 4.53. The van der Waals surface area contributed by atoms with Crippen molar-refractivity contribution in [3.8, 4) is 0 Å². The van der Waals surface area contributed by atoms with Crippen LogP contribution in [0.5, 0.6) is 0 Å². The molecule has 0 aliphatic rings. The smallest absolute Gasteiger partial charge is 0.102 e. The van der Waals surface area contributed by atoms with Crippen molar-refractivity contribution in [2.45, 2.75) is 0 Å². The van der Waals surface area contributed by atoms with Crippen LogP contribution in [-0.4, -0.2) is 10.2 Å². The zero-order valence-electron chi connectivity index (χ0n) is 12.8. The lowest BCUT2D eigenvalue weighted by Crippen LogP contribution is -1.91. The summed E-state index contributed by atoms with van der Waals surface area (Å²) < 4.78 is 0. The van der Waals surface area contributed by atoms with Crippen molar-refractivity contribution in [2.75, 3.05) is 0 Å². The largest absolute Gasteiger partial charge is 0.158 e. The van der Waals surface area contributed by atoms with Crippen molar-refractivity contribution < 1.29 is 0 Å². The SMILES string of the molecule is c1ccc2c(c1)cc1ccc3cccc4c5ccnnc5c2c1c34. The van der Waals surface area contributed by atoms with Gasteiger partial charge in [-0.2, -0.15) is 5.10 Å². The predicted molar refractivity (Wildman–Crippen MR) is 101 cm³/mol. The van der Waals surface area contributed by atoms with E-state index in [1.807, 2.05) is 0 Å². The van der Waals surface area contributed by atoms with Crippen LogP contribution in [0.4, 0.5) is 0 Å². The Bertz CT molecular complexity index is 1390. The third-order valence-electron chi connectivity index (χ3n) is 5.12. The van der Waals surface area contributed by atoms with Crippen LogP contribution in [0.25, 0.3) is 54.0 Å². The molecule has 0 saturated heterocycles. The molecule has 0 saturated carbocycles. The van der Waals surface area contributed by atoms with Gasteiger partial charge in [-0.15, -0.1) is 5.10 Å². The van der Waals surface area contributed by atoms with E-state index in [2.05, 4.69) is 76.9 Å². The summed E-state index contributed by atoms with van der Waals surface area (Å²) in [7, 11) is 0. The normalized spacial score (nSPS) is 12.2. The lowest BCUT2D eigenvalue weighted by Gasteiger charge is -2.15. The van der Waals surface area contributed by atoms with Crippen molar-refractivity contribution >= 4 is 54.0 Å². The van der Waals surface area contributed by atoms with Crippen molar-refractivity contribution in [3.63, 3.8) is 0 Å². The molecule has 1 aromatic heterocycles. The Labute approximate surface area is 137 Å². The van der Waals surface area contributed by atoms with Gasteiger partial charge in [-0.3, -0.25) is 0 Å². The van der Waals surface area contributed by atoms with Gasteiger partial charge in [-0.25, -0.2) is 0 Å². The molecule has 6 rings (SSSR count). The Morgan fingerprint density at radius 2 is 1.38 bits per heavy atom. The van der Waals surface area contributed by atoms with Crippen LogP contribution in [0.1, 0.15) is 0 Å². The fraction of sp³-hybridized carbons (Fsp3) is 0. The third-order valence-corrected chi connectivity index (χ3v) is 5.12. The molecule has 6 aromatic rings. The molecule has 24 heavy (non-hydrogen) atoms. The van der Waals surface area contributed by atoms with E-state index in [-0.39, 0.29) is 0 Å². The zero-order valence-corrected chi connectivity index (χ0v) is 12.8. The van der Waals surface area contributed by atoms with Gasteiger partial charge in [0.25, 0.3) is 0 Å². The molecular formula is C22H12N2. The molecule has 5 aromatic carbocycles. The highest BCUT2D eigenvalue weighted by Crippen LogP contribution is 2.42. The van der Waals surface area contributed by atoms with Gasteiger partial charge < -0.3 is 0 Å². The van der Waals surface area contributed by atoms with Crippen LogP contribution in [0, 0.1) is 0 Å². The van der Waals surface area contributed by atoms with Crippen LogP contribution in [0.15, 0.2) is 72.9 Å². The van der Waals surface area contributed by atoms with E-state index in [1.54, 1.807) is 6.20 Å². The highest BCUT2D eigenvalue weighted by molar-refractivity contribution is 6.37. The van der Waals surface area contributed by atoms with Gasteiger partial charge in [0, 0.05) is 16.2 Å². The summed E-state index contributed by atoms with van der Waals surface area (Å²) in [5.41, 5.74) is 0.991. The second-order valence-electron chi connectivity index (χ2n) is 6.33. The van der Waals surface area contributed by atoms with E-state index in [1.165, 1.54) is 48.5 Å². The van der Waals surface area contributed by atoms with Crippen molar-refractivity contribution in [3.05, 3.63) is 72.9 Å². The van der Waals surface area contributed by atoms with Crippen molar-refractivity contribution in [1.29, 1.82) is 0 Å². The Kier molecular flexibility index (Phi) is 2.12. The second kappa shape index (κ2) is 4.18. The molecule has 0 aliphatic carbocycles. The van der Waals surface area contributed by atoms with Gasteiger partial charge in [-0.05, 0) is 44.5 Å². The van der Waals surface area contributed by atoms with Crippen LogP contribution < -0.4 is 0 Å². The average molecular weight is 304 g/mol. The van der Waals surface area contributed by atoms with E-state index < -0.39 is 0 Å². The standard InChI is InChI=1S/C22H12N2/c1-2-6-16-14(4-1)12-15-9-8-13-5-3-7-17-18-10-11-23-24-22(18)21(16)20(15)19(13)17/h1-12H. The fourth-order valence-electron chi connectivity index (χ4n) is 4.14. The summed E-state index contributed by atoms with van der Waals surface area (Å²) in [6.07, 6.45) is 1.79. The van der Waals surface area contributed by atoms with E-state index >= 15 is 0 Å². The number of hydrogen-bond acceptors (Lipinski definition) is 2. The summed E-state index contributed by atoms with van der Waals surface area (Å²) in [5, 5.41) is 20.0. The summed E-state index contributed by atoms with van der Waals surface area (Å²) >= 11 is 0. The Balaban J connectivity index is 2.15. The molecule has 0 bridgehead atoms. The van der Waals surface area contributed by atoms with Gasteiger partial charge in [0.05, 0.1) is 6.20 Å². The average Bonchev–Trinajstić information content (AvgIpc) is 2.66. The highest BCUT2D eigenvalue weighted by Gasteiger charge is 2.16. The van der Waals surface area contributed by atoms with E-state index in [9.17, 15) is 0 Å². The Hall–Kier alpha value is -3.26. The summed E-state index contributed by atoms with van der Waals surface area (Å²) in [6, 6.07) is 23.9. The Morgan fingerprint density at radius 3 is 2.38 bits per heavy atom. The lowest BCUT2D eigenvalue weighted by molar-refractivity contribution is 1.08. The summed E-state index contributed by atoms with van der Waals surface area (Å²) in [5.74, 6) is 0. The van der Waals surface area contributed by atoms with Gasteiger partial charge in [0.15, 0.2) is 0 Å². The first-order valence-electron chi connectivity index (χ1n) is 8.11. The van der Waals surface area contributed by atoms with Crippen LogP contribution in [0.3, 0.4) is 0 Å². The molecule has 2 nitrogen and oxygen atoms in total. The van der Waals surface area contributed by atoms with E-state index in [0.717, 1.165) is 5.52 Å². The molecule has 0 aliphatic heterocycles. The van der Waals surface area contributed by atoms with Crippen LogP contribution in [0.2, 0.25) is 0 Å². The third kappa shape index (κ3) is 1.36. The van der Waals surface area contributed by atoms with Gasteiger partial charge in [0.2, 0.25) is 0 Å². The number of nitrogens with zero attached hydrogens (tertiary/aromatic N) is 2. The molecule has 2 heteroatoms. The predicted octanol–water partition coefficient (Wildman–Crippen LogP) is 5.68. The molecule has 0 fully saturated rings. The topological polar surface area (TPSA) is 25.8 Å². The van der Waals surface area contributed by atoms with E-state index in [4.69, 9.17) is 0 Å². The van der Waals surface area contributed by atoms with Gasteiger partial charge in [0.1, 0.15) is 5.52 Å². The maximum Gasteiger partial charge on any atom is 0.102 e. The minimum Gasteiger partial charge on any atom is -0.158 e. The quantitative estimate of drug-likeness (QED) is 0.266. The molecule has 0 atom stereocenters. The molecule has 0 N–H and O–H groups in total. The second-order valence-corrected chi connectivity index (χ2v) is 6.33. The number of aromatic nitrogens is 2. The lowest BCUT2D eigenvalue weighted by atomic mass is 9.89. The minimum absolute atomic E-state index is 0.991. The first kappa shape index (κ1) is 12.2. The number of fused-ring (bicyclic) bond motifs is 5. The molecule has 110 valence electrons. The highest BCUT2D eigenvalue weighted by atomic mass is 15.1. The van der Waals surface area contributed by atoms with Crippen LogP contribution in [-0.2, 0) is 0 Å². The number of hydrogen-bond donors (Lipinski definition) is 0. The summed E-state index contributed by atoms with van der Waals surface area (Å²) in [4.78, 5) is 0. The number of rotatable bonds is 0. The number of benzene rings is 5. The van der Waals surface area contributed by atoms with Gasteiger partial charge in [-0.1, -0.05) is 54.6 Å². The zero-order chi connectivity index (χ0) is 15.7. The van der Waals surface area contributed by atoms with Crippen LogP contribution >= 0.6 is 0 Å². The van der Waals surface area contributed by atoms with Crippen molar-refractivity contribution in [1.82, 2.24) is 10.2 Å². The fourth-order valence-corrected chi connectivity index (χ4v) is 4.14. The first-order valence-corrected chi connectivity index (χ1v) is 8.11. The first-order chi connectivity index (χ1) is 11.9. The minimum atomic E-state index is 0.991. The van der Waals surface area contributed by atoms with Crippen molar-refractivity contribution in [2.24, 2.45) is 0 Å². The molecule has 0 amide bonds. The molecule has 0 spiro atoms. The molecule has 0 radical (unpaired) electrons. The van der Waals surface area contributed by atoms with E-state index in [0.29, 0.717) is 0 Å².